The van der Waals surface area contributed by atoms with Gasteiger partial charge in [-0.25, -0.2) is 4.79 Å². The van der Waals surface area contributed by atoms with Crippen molar-refractivity contribution in [2.45, 2.75) is 52.0 Å². The van der Waals surface area contributed by atoms with Gasteiger partial charge in [-0.05, 0) is 43.6 Å². The summed E-state index contributed by atoms with van der Waals surface area (Å²) >= 11 is 0. The number of nitrogens with two attached hydrogens (primary N) is 1. The van der Waals surface area contributed by atoms with E-state index in [4.69, 9.17) is 5.73 Å². The molecular formula is C16H28N4O3. The van der Waals surface area contributed by atoms with Crippen molar-refractivity contribution in [2.24, 2.45) is 17.1 Å². The molecule has 1 aliphatic carbocycles. The lowest BCUT2D eigenvalue weighted by Gasteiger charge is -2.43. The van der Waals surface area contributed by atoms with Crippen molar-refractivity contribution in [1.29, 1.82) is 0 Å². The minimum absolute atomic E-state index is 0.0139. The molecule has 0 radical (unpaired) electrons. The third kappa shape index (κ3) is 3.83. The van der Waals surface area contributed by atoms with Crippen LogP contribution in [0, 0.1) is 11.3 Å². The average molecular weight is 324 g/mol. The number of rotatable bonds is 5. The van der Waals surface area contributed by atoms with Crippen LogP contribution in [0.15, 0.2) is 0 Å². The highest BCUT2D eigenvalue weighted by Crippen LogP contribution is 2.46. The monoisotopic (exact) mass is 324 g/mol. The fourth-order valence-electron chi connectivity index (χ4n) is 4.18. The van der Waals surface area contributed by atoms with Gasteiger partial charge in [-0.1, -0.05) is 20.8 Å². The predicted octanol–water partition coefficient (Wildman–Crippen LogP) is 0.588. The molecule has 23 heavy (non-hydrogen) atoms. The molecule has 7 nitrogen and oxygen atoms in total. The summed E-state index contributed by atoms with van der Waals surface area (Å²) < 4.78 is 0. The van der Waals surface area contributed by atoms with E-state index in [2.05, 4.69) is 31.4 Å². The van der Waals surface area contributed by atoms with Crippen LogP contribution in [0.25, 0.3) is 0 Å². The molecule has 1 heterocycles. The second kappa shape index (κ2) is 6.47. The van der Waals surface area contributed by atoms with Crippen LogP contribution in [0.3, 0.4) is 0 Å². The Balaban J connectivity index is 2.06. The van der Waals surface area contributed by atoms with Crippen molar-refractivity contribution in [1.82, 2.24) is 15.5 Å². The fraction of sp³-hybridized carbons (Fsp3) is 0.812. The maximum atomic E-state index is 12.8. The standard InChI is InChI=1S/C16H28N4O3/c1-11-7-15(2,3)10-16(8-11)13(22)20(14(23)19-16)9-12(21)18-6-4-5-17/h11H,4-10,17H2,1-3H3,(H,18,21)(H,19,23). The lowest BCUT2D eigenvalue weighted by atomic mass is 9.64. The van der Waals surface area contributed by atoms with Crippen molar-refractivity contribution in [3.05, 3.63) is 0 Å². The van der Waals surface area contributed by atoms with E-state index in [1.54, 1.807) is 0 Å². The molecule has 1 aliphatic heterocycles. The smallest absolute Gasteiger partial charge is 0.325 e. The Morgan fingerprint density at radius 3 is 2.70 bits per heavy atom. The summed E-state index contributed by atoms with van der Waals surface area (Å²) in [4.78, 5) is 38.0. The van der Waals surface area contributed by atoms with Crippen LogP contribution in [0.2, 0.25) is 0 Å². The van der Waals surface area contributed by atoms with Crippen LogP contribution in [0.5, 0.6) is 0 Å². The maximum absolute atomic E-state index is 12.8. The zero-order valence-corrected chi connectivity index (χ0v) is 14.3. The highest BCUT2D eigenvalue weighted by atomic mass is 16.2. The van der Waals surface area contributed by atoms with E-state index in [9.17, 15) is 14.4 Å². The van der Waals surface area contributed by atoms with E-state index in [0.717, 1.165) is 11.3 Å². The quantitative estimate of drug-likeness (QED) is 0.508. The Hall–Kier alpha value is -1.63. The number of carbonyl (C=O) groups is 3. The molecule has 2 unspecified atom stereocenters. The van der Waals surface area contributed by atoms with E-state index < -0.39 is 11.6 Å². The molecule has 7 heteroatoms. The van der Waals surface area contributed by atoms with Crippen LogP contribution in [-0.4, -0.2) is 47.9 Å². The molecule has 0 aromatic carbocycles. The lowest BCUT2D eigenvalue weighted by Crippen LogP contribution is -2.54. The van der Waals surface area contributed by atoms with Gasteiger partial charge in [0.05, 0.1) is 0 Å². The van der Waals surface area contributed by atoms with E-state index in [0.29, 0.717) is 38.3 Å². The van der Waals surface area contributed by atoms with Gasteiger partial charge in [0.15, 0.2) is 0 Å². The zero-order valence-electron chi connectivity index (χ0n) is 14.3. The van der Waals surface area contributed by atoms with Gasteiger partial charge in [-0.2, -0.15) is 0 Å². The minimum atomic E-state index is -0.851. The van der Waals surface area contributed by atoms with E-state index >= 15 is 0 Å². The van der Waals surface area contributed by atoms with Gasteiger partial charge in [0.1, 0.15) is 12.1 Å². The molecule has 4 amide bonds. The topological polar surface area (TPSA) is 105 Å². The van der Waals surface area contributed by atoms with Crippen LogP contribution >= 0.6 is 0 Å². The highest BCUT2D eigenvalue weighted by molar-refractivity contribution is 6.09. The number of amides is 4. The van der Waals surface area contributed by atoms with Crippen molar-refractivity contribution < 1.29 is 14.4 Å². The normalized spacial score (nSPS) is 29.7. The third-order valence-corrected chi connectivity index (χ3v) is 4.63. The lowest BCUT2D eigenvalue weighted by molar-refractivity contribution is -0.137. The van der Waals surface area contributed by atoms with Gasteiger partial charge >= 0.3 is 6.03 Å². The van der Waals surface area contributed by atoms with Crippen molar-refractivity contribution in [2.75, 3.05) is 19.6 Å². The summed E-state index contributed by atoms with van der Waals surface area (Å²) in [5.74, 6) is -0.250. The number of nitrogens with one attached hydrogen (secondary N) is 2. The molecule has 1 saturated carbocycles. The van der Waals surface area contributed by atoms with Gasteiger partial charge in [-0.15, -0.1) is 0 Å². The average Bonchev–Trinajstić information content (AvgIpc) is 2.60. The second-order valence-electron chi connectivity index (χ2n) is 7.75. The summed E-state index contributed by atoms with van der Waals surface area (Å²) in [5, 5.41) is 5.54. The summed E-state index contributed by atoms with van der Waals surface area (Å²) in [7, 11) is 0. The highest BCUT2D eigenvalue weighted by Gasteiger charge is 2.56. The van der Waals surface area contributed by atoms with Crippen molar-refractivity contribution >= 4 is 17.8 Å². The summed E-state index contributed by atoms with van der Waals surface area (Å²) in [6, 6.07) is -0.464. The summed E-state index contributed by atoms with van der Waals surface area (Å²) in [5.41, 5.74) is 4.51. The first-order chi connectivity index (χ1) is 10.7. The van der Waals surface area contributed by atoms with Crippen LogP contribution in [0.4, 0.5) is 4.79 Å². The SMILES string of the molecule is CC1CC(C)(C)CC2(C1)NC(=O)N(CC(=O)NCCCN)C2=O. The van der Waals surface area contributed by atoms with E-state index in [1.165, 1.54) is 0 Å². The molecule has 2 atom stereocenters. The predicted molar refractivity (Wildman–Crippen MR) is 86.5 cm³/mol. The third-order valence-electron chi connectivity index (χ3n) is 4.63. The molecule has 0 aromatic heterocycles. The number of nitrogens with zero attached hydrogens (tertiary/aromatic N) is 1. The van der Waals surface area contributed by atoms with E-state index in [-0.39, 0.29) is 23.8 Å². The first kappa shape index (κ1) is 17.7. The molecule has 0 aromatic rings. The molecule has 4 N–H and O–H groups in total. The minimum Gasteiger partial charge on any atom is -0.354 e. The van der Waals surface area contributed by atoms with Crippen LogP contribution < -0.4 is 16.4 Å². The Bertz CT molecular complexity index is 506. The zero-order chi connectivity index (χ0) is 17.3. The number of urea groups is 1. The first-order valence-electron chi connectivity index (χ1n) is 8.30. The van der Waals surface area contributed by atoms with Gasteiger partial charge < -0.3 is 16.4 Å². The number of carbonyl (C=O) groups excluding carboxylic acids is 3. The van der Waals surface area contributed by atoms with Crippen molar-refractivity contribution in [3.63, 3.8) is 0 Å². The van der Waals surface area contributed by atoms with E-state index in [1.807, 2.05) is 0 Å². The van der Waals surface area contributed by atoms with Gasteiger partial charge in [0.25, 0.3) is 5.91 Å². The number of imide groups is 1. The van der Waals surface area contributed by atoms with Crippen LogP contribution in [-0.2, 0) is 9.59 Å². The fourth-order valence-corrected chi connectivity index (χ4v) is 4.18. The molecule has 2 rings (SSSR count). The molecular weight excluding hydrogens is 296 g/mol. The number of hydrogen-bond donors (Lipinski definition) is 3. The second-order valence-corrected chi connectivity index (χ2v) is 7.75. The van der Waals surface area contributed by atoms with Crippen molar-refractivity contribution in [3.8, 4) is 0 Å². The van der Waals surface area contributed by atoms with Gasteiger partial charge in [-0.3, -0.25) is 14.5 Å². The molecule has 2 aliphatic rings. The molecule has 0 bridgehead atoms. The van der Waals surface area contributed by atoms with Crippen LogP contribution in [0.1, 0.15) is 46.5 Å². The Morgan fingerprint density at radius 1 is 1.39 bits per heavy atom. The molecule has 1 saturated heterocycles. The largest absolute Gasteiger partial charge is 0.354 e. The summed E-state index contributed by atoms with van der Waals surface area (Å²) in [6.45, 7) is 7.04. The molecule has 1 spiro atoms. The Kier molecular flexibility index (Phi) is 4.98. The molecule has 130 valence electrons. The van der Waals surface area contributed by atoms with Gasteiger partial charge in [0.2, 0.25) is 5.91 Å². The Labute approximate surface area is 137 Å². The van der Waals surface area contributed by atoms with Gasteiger partial charge in [0, 0.05) is 6.54 Å². The summed E-state index contributed by atoms with van der Waals surface area (Å²) in [6.07, 6.45) is 2.94. The molecule has 2 fully saturated rings. The maximum Gasteiger partial charge on any atom is 0.325 e. The number of hydrogen-bond acceptors (Lipinski definition) is 4. The Morgan fingerprint density at radius 2 is 2.09 bits per heavy atom. The first-order valence-corrected chi connectivity index (χ1v) is 8.30.